The number of nitrogens with zero attached hydrogens (tertiary/aromatic N) is 1. The van der Waals surface area contributed by atoms with E-state index in [1.807, 2.05) is 0 Å². The van der Waals surface area contributed by atoms with Gasteiger partial charge in [0, 0.05) is 6.42 Å². The monoisotopic (exact) mass is 341 g/mol. The second kappa shape index (κ2) is 7.42. The summed E-state index contributed by atoms with van der Waals surface area (Å²) in [6.07, 6.45) is -8.17. The number of amides is 1. The first-order valence-electron chi connectivity index (χ1n) is 6.12. The lowest BCUT2D eigenvalue weighted by atomic mass is 9.91. The molecule has 0 spiro atoms. The van der Waals surface area contributed by atoms with Crippen molar-refractivity contribution < 1.29 is 45.0 Å². The van der Waals surface area contributed by atoms with E-state index in [1.165, 1.54) is 0 Å². The number of halogens is 1. The molecule has 0 radical (unpaired) electrons. The van der Waals surface area contributed by atoms with E-state index >= 15 is 0 Å². The van der Waals surface area contributed by atoms with Crippen molar-refractivity contribution in [3.63, 3.8) is 0 Å². The fraction of sp³-hybridized carbons (Fsp3) is 0.727. The molecule has 0 aliphatic carbocycles. The molecule has 1 rings (SSSR count). The molecule has 1 heterocycles. The highest BCUT2D eigenvalue weighted by atomic mass is 35.5. The van der Waals surface area contributed by atoms with Crippen LogP contribution in [0.25, 0.3) is 0 Å². The zero-order valence-corrected chi connectivity index (χ0v) is 11.9. The Hall–Kier alpha value is -1.14. The number of carbonyl (C=O) groups is 2. The van der Waals surface area contributed by atoms with Gasteiger partial charge in [0.25, 0.3) is 11.7 Å². The second-order valence-electron chi connectivity index (χ2n) is 4.65. The van der Waals surface area contributed by atoms with Gasteiger partial charge in [-0.15, -0.1) is 11.6 Å². The Morgan fingerprint density at radius 2 is 2.05 bits per heavy atom. The van der Waals surface area contributed by atoms with E-state index in [2.05, 4.69) is 4.99 Å². The third-order valence-electron chi connectivity index (χ3n) is 3.02. The van der Waals surface area contributed by atoms with Gasteiger partial charge in [-0.25, -0.2) is 9.79 Å². The first kappa shape index (κ1) is 18.9. The molecule has 126 valence electrons. The molecule has 6 N–H and O–H groups in total. The van der Waals surface area contributed by atoms with Gasteiger partial charge >= 0.3 is 5.97 Å². The van der Waals surface area contributed by atoms with Crippen LogP contribution in [0, 0.1) is 0 Å². The quantitative estimate of drug-likeness (QED) is 0.281. The van der Waals surface area contributed by atoms with E-state index in [1.54, 1.807) is 0 Å². The van der Waals surface area contributed by atoms with E-state index in [-0.39, 0.29) is 0 Å². The summed E-state index contributed by atoms with van der Waals surface area (Å²) < 4.78 is 4.80. The Balaban J connectivity index is 3.22. The highest BCUT2D eigenvalue weighted by Gasteiger charge is 2.52. The summed E-state index contributed by atoms with van der Waals surface area (Å²) >= 11 is 5.27. The van der Waals surface area contributed by atoms with Crippen LogP contribution in [-0.4, -0.2) is 90.9 Å². The number of carboxylic acids is 1. The minimum atomic E-state index is -2.86. The van der Waals surface area contributed by atoms with Gasteiger partial charge in [-0.1, -0.05) is 0 Å². The summed E-state index contributed by atoms with van der Waals surface area (Å²) in [6, 6.07) is 0. The zero-order valence-electron chi connectivity index (χ0n) is 11.2. The van der Waals surface area contributed by atoms with E-state index in [0.29, 0.717) is 0 Å². The molecule has 0 aromatic heterocycles. The van der Waals surface area contributed by atoms with Crippen LogP contribution < -0.4 is 0 Å². The van der Waals surface area contributed by atoms with Crippen molar-refractivity contribution in [1.29, 1.82) is 0 Å². The number of aliphatic imine (C=N–C) groups is 1. The van der Waals surface area contributed by atoms with Crippen molar-refractivity contribution in [2.45, 2.75) is 36.6 Å². The van der Waals surface area contributed by atoms with Crippen molar-refractivity contribution in [3.05, 3.63) is 0 Å². The van der Waals surface area contributed by atoms with Gasteiger partial charge in [0.15, 0.2) is 0 Å². The molecule has 11 heteroatoms. The first-order chi connectivity index (χ1) is 10.2. The predicted molar refractivity (Wildman–Crippen MR) is 70.3 cm³/mol. The maximum atomic E-state index is 11.3. The molecular formula is C11H16ClNO9. The fourth-order valence-corrected chi connectivity index (χ4v) is 1.94. The number of hydrogen-bond acceptors (Lipinski definition) is 8. The number of hydrogen-bond donors (Lipinski definition) is 6. The smallest absolute Gasteiger partial charge is 0.364 e. The Labute approximate surface area is 129 Å². The summed E-state index contributed by atoms with van der Waals surface area (Å²) in [7, 11) is 0. The number of rotatable bonds is 5. The van der Waals surface area contributed by atoms with Crippen molar-refractivity contribution in [1.82, 2.24) is 0 Å². The third-order valence-corrected chi connectivity index (χ3v) is 3.25. The molecule has 0 aromatic carbocycles. The van der Waals surface area contributed by atoms with Crippen molar-refractivity contribution in [2.24, 2.45) is 4.99 Å². The van der Waals surface area contributed by atoms with E-state index in [9.17, 15) is 30.0 Å². The number of aliphatic hydroxyl groups is 5. The average Bonchev–Trinajstić information content (AvgIpc) is 2.47. The molecule has 0 bridgehead atoms. The van der Waals surface area contributed by atoms with Crippen LogP contribution in [0.4, 0.5) is 0 Å². The number of aliphatic carboxylic acids is 1. The molecule has 1 saturated heterocycles. The maximum Gasteiger partial charge on any atom is 0.364 e. The number of alkyl halides is 1. The molecule has 1 aliphatic rings. The molecule has 3 unspecified atom stereocenters. The van der Waals surface area contributed by atoms with Crippen LogP contribution >= 0.6 is 11.6 Å². The highest BCUT2D eigenvalue weighted by molar-refractivity contribution is 6.28. The minimum Gasteiger partial charge on any atom is -0.477 e. The Morgan fingerprint density at radius 3 is 2.50 bits per heavy atom. The van der Waals surface area contributed by atoms with Gasteiger partial charge in [0.05, 0.1) is 12.3 Å². The van der Waals surface area contributed by atoms with Crippen LogP contribution in [0.5, 0.6) is 0 Å². The van der Waals surface area contributed by atoms with E-state index in [0.717, 1.165) is 0 Å². The molecule has 1 fully saturated rings. The number of carboxylic acid groups (broad SMARTS) is 1. The Bertz CT molecular complexity index is 470. The van der Waals surface area contributed by atoms with Crippen molar-refractivity contribution in [2.75, 3.05) is 12.5 Å². The number of carbonyl (C=O) groups excluding carboxylic acids is 1. The summed E-state index contributed by atoms with van der Waals surface area (Å²) in [4.78, 5) is 25.7. The zero-order chi connectivity index (χ0) is 17.1. The van der Waals surface area contributed by atoms with Crippen LogP contribution in [0.2, 0.25) is 0 Å². The van der Waals surface area contributed by atoms with Crippen LogP contribution in [0.1, 0.15) is 6.42 Å². The molecule has 22 heavy (non-hydrogen) atoms. The van der Waals surface area contributed by atoms with Crippen LogP contribution in [0.15, 0.2) is 4.99 Å². The molecule has 0 saturated carbocycles. The summed E-state index contributed by atoms with van der Waals surface area (Å²) in [5, 5.41) is 56.7. The maximum absolute atomic E-state index is 11.3. The lowest BCUT2D eigenvalue weighted by molar-refractivity contribution is -0.261. The molecule has 5 atom stereocenters. The summed E-state index contributed by atoms with van der Waals surface area (Å²) in [5.74, 6) is -6.16. The van der Waals surface area contributed by atoms with Gasteiger partial charge in [0.1, 0.15) is 30.3 Å². The first-order valence-corrected chi connectivity index (χ1v) is 6.65. The summed E-state index contributed by atoms with van der Waals surface area (Å²) in [6.45, 7) is -0.917. The van der Waals surface area contributed by atoms with Gasteiger partial charge in [-0.05, 0) is 0 Å². The van der Waals surface area contributed by atoms with E-state index in [4.69, 9.17) is 26.6 Å². The van der Waals surface area contributed by atoms with Gasteiger partial charge in [-0.2, -0.15) is 0 Å². The molecule has 1 amide bonds. The Kier molecular flexibility index (Phi) is 6.38. The molecular weight excluding hydrogens is 326 g/mol. The van der Waals surface area contributed by atoms with Crippen LogP contribution in [0.3, 0.4) is 0 Å². The average molecular weight is 342 g/mol. The fourth-order valence-electron chi connectivity index (χ4n) is 1.88. The minimum absolute atomic E-state index is 0.503. The molecule has 0 aromatic rings. The summed E-state index contributed by atoms with van der Waals surface area (Å²) in [5.41, 5.74) is -0.503. The standard InChI is InChI=1S/C11H16ClNO9/c12-2-6(17)13-7-4(15)1-11(21,10(19)20)22-9(7)8(18)5(16)3-14/h4-5,8-9,14-16,18,21H,1-3H2,(H,19,20)/b13-7+/t4?,5?,8-,9?,11+/m1/s1. The normalized spacial score (nSPS) is 33.5. The topological polar surface area (TPSA) is 177 Å². The lowest BCUT2D eigenvalue weighted by Gasteiger charge is -2.40. The van der Waals surface area contributed by atoms with Crippen molar-refractivity contribution in [3.8, 4) is 0 Å². The molecule has 10 nitrogen and oxygen atoms in total. The number of aliphatic hydroxyl groups excluding tert-OH is 4. The highest BCUT2D eigenvalue weighted by Crippen LogP contribution is 2.28. The SMILES string of the molecule is O=C(CCl)/N=C1\C(O)C[C@@](O)(C(=O)O)OC1[C@H](O)C(O)CO. The second-order valence-corrected chi connectivity index (χ2v) is 4.92. The van der Waals surface area contributed by atoms with Gasteiger partial charge in [0.2, 0.25) is 0 Å². The van der Waals surface area contributed by atoms with E-state index < -0.39 is 66.7 Å². The Morgan fingerprint density at radius 1 is 1.45 bits per heavy atom. The molecule has 1 aliphatic heterocycles. The number of ether oxygens (including phenoxy) is 1. The van der Waals surface area contributed by atoms with Gasteiger partial charge < -0.3 is 35.4 Å². The predicted octanol–water partition coefficient (Wildman–Crippen LogP) is -3.17. The lowest BCUT2D eigenvalue weighted by Crippen LogP contribution is -2.61. The van der Waals surface area contributed by atoms with Gasteiger partial charge in [-0.3, -0.25) is 4.79 Å². The van der Waals surface area contributed by atoms with Crippen LogP contribution in [-0.2, 0) is 14.3 Å². The largest absolute Gasteiger partial charge is 0.477 e. The third kappa shape index (κ3) is 3.98. The van der Waals surface area contributed by atoms with Crippen molar-refractivity contribution >= 4 is 29.2 Å².